The molecule has 0 aromatic rings. The third-order valence-electron chi connectivity index (χ3n) is 2.89. The van der Waals surface area contributed by atoms with Crippen molar-refractivity contribution in [1.29, 1.82) is 0 Å². The van der Waals surface area contributed by atoms with Crippen LogP contribution in [0.25, 0.3) is 0 Å². The maximum Gasteiger partial charge on any atom is 0.0497 e. The first-order valence-electron chi connectivity index (χ1n) is 5.54. The summed E-state index contributed by atoms with van der Waals surface area (Å²) in [7, 11) is 0. The van der Waals surface area contributed by atoms with Gasteiger partial charge in [0.15, 0.2) is 0 Å². The molecule has 0 aromatic carbocycles. The molecule has 2 nitrogen and oxygen atoms in total. The Bertz CT molecular complexity index is 111. The van der Waals surface area contributed by atoms with Crippen molar-refractivity contribution in [3.63, 3.8) is 0 Å². The summed E-state index contributed by atoms with van der Waals surface area (Å²) in [5.74, 6) is 1.51. The molecule has 78 valence electrons. The van der Waals surface area contributed by atoms with Crippen LogP contribution in [0, 0.1) is 11.8 Å². The maximum atomic E-state index is 5.47. The highest BCUT2D eigenvalue weighted by Crippen LogP contribution is 2.31. The van der Waals surface area contributed by atoms with Gasteiger partial charge < -0.3 is 9.47 Å². The lowest BCUT2D eigenvalue weighted by Gasteiger charge is -2.18. The fraction of sp³-hybridized carbons (Fsp3) is 1.00. The van der Waals surface area contributed by atoms with Crippen molar-refractivity contribution in [2.45, 2.75) is 33.1 Å². The average Bonchev–Trinajstić information content (AvgIpc) is 2.59. The summed E-state index contributed by atoms with van der Waals surface area (Å²) in [5.41, 5.74) is 0. The SMILES string of the molecule is CCOCC1CCCC1COCC. The average molecular weight is 186 g/mol. The predicted molar refractivity (Wildman–Crippen MR) is 53.8 cm³/mol. The summed E-state index contributed by atoms with van der Waals surface area (Å²) < 4.78 is 10.9. The van der Waals surface area contributed by atoms with E-state index in [1.54, 1.807) is 0 Å². The Labute approximate surface area is 81.6 Å². The molecule has 0 aliphatic heterocycles. The minimum atomic E-state index is 0.756. The largest absolute Gasteiger partial charge is 0.381 e. The summed E-state index contributed by atoms with van der Waals surface area (Å²) >= 11 is 0. The maximum absolute atomic E-state index is 5.47. The summed E-state index contributed by atoms with van der Waals surface area (Å²) in [4.78, 5) is 0. The third-order valence-corrected chi connectivity index (χ3v) is 2.89. The van der Waals surface area contributed by atoms with E-state index >= 15 is 0 Å². The lowest BCUT2D eigenvalue weighted by atomic mass is 9.98. The van der Waals surface area contributed by atoms with Gasteiger partial charge in [-0.2, -0.15) is 0 Å². The molecule has 2 heteroatoms. The van der Waals surface area contributed by atoms with E-state index in [-0.39, 0.29) is 0 Å². The van der Waals surface area contributed by atoms with Gasteiger partial charge in [0.05, 0.1) is 0 Å². The van der Waals surface area contributed by atoms with Crippen molar-refractivity contribution in [2.75, 3.05) is 26.4 Å². The van der Waals surface area contributed by atoms with Crippen LogP contribution in [0.4, 0.5) is 0 Å². The third kappa shape index (κ3) is 3.65. The molecule has 2 atom stereocenters. The van der Waals surface area contributed by atoms with Crippen molar-refractivity contribution in [3.8, 4) is 0 Å². The lowest BCUT2D eigenvalue weighted by molar-refractivity contribution is 0.0524. The second-order valence-electron chi connectivity index (χ2n) is 3.77. The molecule has 0 aromatic heterocycles. The molecule has 0 N–H and O–H groups in total. The summed E-state index contributed by atoms with van der Waals surface area (Å²) in [6.07, 6.45) is 4.02. The van der Waals surface area contributed by atoms with Crippen LogP contribution >= 0.6 is 0 Å². The minimum absolute atomic E-state index is 0.756. The molecule has 2 unspecified atom stereocenters. The Morgan fingerprint density at radius 2 is 1.38 bits per heavy atom. The number of hydrogen-bond acceptors (Lipinski definition) is 2. The Balaban J connectivity index is 2.18. The van der Waals surface area contributed by atoms with Crippen LogP contribution in [0.3, 0.4) is 0 Å². The van der Waals surface area contributed by atoms with Gasteiger partial charge in [0.25, 0.3) is 0 Å². The van der Waals surface area contributed by atoms with E-state index < -0.39 is 0 Å². The number of hydrogen-bond donors (Lipinski definition) is 0. The monoisotopic (exact) mass is 186 g/mol. The smallest absolute Gasteiger partial charge is 0.0497 e. The van der Waals surface area contributed by atoms with Gasteiger partial charge in [-0.15, -0.1) is 0 Å². The molecule has 1 aliphatic rings. The Morgan fingerprint density at radius 1 is 0.923 bits per heavy atom. The zero-order chi connectivity index (χ0) is 9.52. The van der Waals surface area contributed by atoms with Crippen molar-refractivity contribution < 1.29 is 9.47 Å². The fourth-order valence-electron chi connectivity index (χ4n) is 2.09. The Hall–Kier alpha value is -0.0800. The molecule has 13 heavy (non-hydrogen) atoms. The van der Waals surface area contributed by atoms with Crippen molar-refractivity contribution >= 4 is 0 Å². The van der Waals surface area contributed by atoms with Gasteiger partial charge in [0.1, 0.15) is 0 Å². The molecular weight excluding hydrogens is 164 g/mol. The van der Waals surface area contributed by atoms with Crippen LogP contribution in [0.1, 0.15) is 33.1 Å². The second-order valence-corrected chi connectivity index (χ2v) is 3.77. The summed E-state index contributed by atoms with van der Waals surface area (Å²) in [6.45, 7) is 7.69. The standard InChI is InChI=1S/C11H22O2/c1-3-12-8-10-6-5-7-11(10)9-13-4-2/h10-11H,3-9H2,1-2H3. The van der Waals surface area contributed by atoms with Crippen LogP contribution in [0.2, 0.25) is 0 Å². The van der Waals surface area contributed by atoms with Gasteiger partial charge in [0, 0.05) is 26.4 Å². The molecule has 0 bridgehead atoms. The first-order chi connectivity index (χ1) is 6.38. The molecule has 0 radical (unpaired) electrons. The van der Waals surface area contributed by atoms with Gasteiger partial charge in [0.2, 0.25) is 0 Å². The van der Waals surface area contributed by atoms with E-state index in [1.165, 1.54) is 19.3 Å². The molecule has 1 saturated carbocycles. The molecule has 1 aliphatic carbocycles. The topological polar surface area (TPSA) is 18.5 Å². The van der Waals surface area contributed by atoms with Crippen molar-refractivity contribution in [3.05, 3.63) is 0 Å². The van der Waals surface area contributed by atoms with Gasteiger partial charge in [-0.05, 0) is 38.5 Å². The lowest BCUT2D eigenvalue weighted by Crippen LogP contribution is -2.19. The highest BCUT2D eigenvalue weighted by molar-refractivity contribution is 4.76. The van der Waals surface area contributed by atoms with E-state index in [0.29, 0.717) is 0 Å². The van der Waals surface area contributed by atoms with Gasteiger partial charge in [-0.25, -0.2) is 0 Å². The van der Waals surface area contributed by atoms with Crippen LogP contribution in [0.5, 0.6) is 0 Å². The molecule has 0 heterocycles. The molecule has 0 spiro atoms. The van der Waals surface area contributed by atoms with E-state index in [9.17, 15) is 0 Å². The van der Waals surface area contributed by atoms with E-state index in [4.69, 9.17) is 9.47 Å². The van der Waals surface area contributed by atoms with Crippen LogP contribution in [-0.2, 0) is 9.47 Å². The van der Waals surface area contributed by atoms with Gasteiger partial charge in [-0.3, -0.25) is 0 Å². The quantitative estimate of drug-likeness (QED) is 0.634. The minimum Gasteiger partial charge on any atom is -0.381 e. The first kappa shape index (κ1) is 11.0. The Kier molecular flexibility index (Phi) is 5.40. The Morgan fingerprint density at radius 3 is 1.77 bits per heavy atom. The molecule has 0 saturated heterocycles. The van der Waals surface area contributed by atoms with E-state index in [1.807, 2.05) is 0 Å². The molecule has 1 rings (SSSR count). The van der Waals surface area contributed by atoms with Crippen molar-refractivity contribution in [1.82, 2.24) is 0 Å². The van der Waals surface area contributed by atoms with Crippen LogP contribution in [0.15, 0.2) is 0 Å². The van der Waals surface area contributed by atoms with E-state index in [2.05, 4.69) is 13.8 Å². The first-order valence-corrected chi connectivity index (χ1v) is 5.54. The normalized spacial score (nSPS) is 28.2. The molecule has 0 amide bonds. The van der Waals surface area contributed by atoms with Crippen molar-refractivity contribution in [2.24, 2.45) is 11.8 Å². The zero-order valence-corrected chi connectivity index (χ0v) is 8.92. The van der Waals surface area contributed by atoms with Crippen LogP contribution < -0.4 is 0 Å². The fourth-order valence-corrected chi connectivity index (χ4v) is 2.09. The molecular formula is C11H22O2. The van der Waals surface area contributed by atoms with E-state index in [0.717, 1.165) is 38.3 Å². The highest BCUT2D eigenvalue weighted by atomic mass is 16.5. The highest BCUT2D eigenvalue weighted by Gasteiger charge is 2.26. The summed E-state index contributed by atoms with van der Waals surface area (Å²) in [5, 5.41) is 0. The second kappa shape index (κ2) is 6.39. The van der Waals surface area contributed by atoms with Gasteiger partial charge >= 0.3 is 0 Å². The predicted octanol–water partition coefficient (Wildman–Crippen LogP) is 2.48. The summed E-state index contributed by atoms with van der Waals surface area (Å²) in [6, 6.07) is 0. The van der Waals surface area contributed by atoms with Crippen LogP contribution in [-0.4, -0.2) is 26.4 Å². The number of ether oxygens (including phenoxy) is 2. The van der Waals surface area contributed by atoms with Gasteiger partial charge in [-0.1, -0.05) is 6.42 Å². The molecule has 1 fully saturated rings. The zero-order valence-electron chi connectivity index (χ0n) is 8.92. The number of rotatable bonds is 6.